The molecule has 200 valence electrons. The molecule has 4 heterocycles. The van der Waals surface area contributed by atoms with Crippen molar-refractivity contribution >= 4 is 51.5 Å². The summed E-state index contributed by atoms with van der Waals surface area (Å²) in [5.41, 5.74) is 2.66. The maximum Gasteiger partial charge on any atom is 0.265 e. The molecule has 1 aliphatic rings. The summed E-state index contributed by atoms with van der Waals surface area (Å²) in [4.78, 5) is 41.4. The van der Waals surface area contributed by atoms with Crippen LogP contribution in [0.2, 0.25) is 10.2 Å². The Morgan fingerprint density at radius 3 is 2.59 bits per heavy atom. The van der Waals surface area contributed by atoms with Gasteiger partial charge in [-0.05, 0) is 31.2 Å². The Balaban J connectivity index is 1.33. The van der Waals surface area contributed by atoms with Crippen molar-refractivity contribution in [2.45, 2.75) is 26.4 Å². The van der Waals surface area contributed by atoms with Crippen molar-refractivity contribution in [3.8, 4) is 16.9 Å². The lowest BCUT2D eigenvalue weighted by atomic mass is 10.0. The highest BCUT2D eigenvalue weighted by atomic mass is 35.5. The van der Waals surface area contributed by atoms with Crippen molar-refractivity contribution in [3.05, 3.63) is 85.9 Å². The number of alkyl halides is 2. The molecule has 0 atom stereocenters. The Labute approximate surface area is 235 Å². The van der Waals surface area contributed by atoms with Gasteiger partial charge in [-0.2, -0.15) is 0 Å². The maximum absolute atomic E-state index is 13.3. The number of rotatable bonds is 6. The van der Waals surface area contributed by atoms with Crippen molar-refractivity contribution in [1.29, 1.82) is 0 Å². The zero-order valence-electron chi connectivity index (χ0n) is 20.5. The first-order chi connectivity index (χ1) is 18.6. The molecule has 0 bridgehead atoms. The zero-order valence-corrected chi connectivity index (χ0v) is 22.8. The molecule has 0 radical (unpaired) electrons. The number of amides is 2. The number of pyridine rings is 2. The van der Waals surface area contributed by atoms with Crippen LogP contribution in [0.25, 0.3) is 11.1 Å². The number of ether oxygens (including phenoxy) is 1. The van der Waals surface area contributed by atoms with Gasteiger partial charge in [0, 0.05) is 34.1 Å². The summed E-state index contributed by atoms with van der Waals surface area (Å²) in [6.45, 7) is 2.28. The number of anilines is 1. The Kier molecular flexibility index (Phi) is 7.48. The van der Waals surface area contributed by atoms with E-state index in [2.05, 4.69) is 20.3 Å². The second-order valence-electron chi connectivity index (χ2n) is 8.62. The van der Waals surface area contributed by atoms with Gasteiger partial charge in [0.05, 0.1) is 47.6 Å². The molecule has 13 heteroatoms. The van der Waals surface area contributed by atoms with E-state index in [0.29, 0.717) is 33.4 Å². The highest BCUT2D eigenvalue weighted by Crippen LogP contribution is 2.36. The van der Waals surface area contributed by atoms with Gasteiger partial charge in [0.2, 0.25) is 0 Å². The molecule has 3 aromatic heterocycles. The normalized spacial score (nSPS) is 12.5. The van der Waals surface area contributed by atoms with E-state index in [-0.39, 0.29) is 45.9 Å². The third-order valence-corrected chi connectivity index (χ3v) is 7.60. The second kappa shape index (κ2) is 10.8. The van der Waals surface area contributed by atoms with Crippen LogP contribution in [-0.4, -0.2) is 38.8 Å². The first-order valence-electron chi connectivity index (χ1n) is 11.5. The monoisotopic (exact) mass is 589 g/mol. The predicted molar refractivity (Wildman–Crippen MR) is 144 cm³/mol. The number of hydrogen-bond acceptors (Lipinski definition) is 7. The van der Waals surface area contributed by atoms with E-state index in [1.807, 2.05) is 0 Å². The molecule has 0 unspecified atom stereocenters. The van der Waals surface area contributed by atoms with Crippen molar-refractivity contribution in [2.24, 2.45) is 0 Å². The van der Waals surface area contributed by atoms with Gasteiger partial charge in [0.1, 0.15) is 10.9 Å². The SMILES string of the molecule is COc1cnc(Cl)cc1-c1cc(C)ncc1C(=O)Nc1nc2c(s1)CN(C(=O)c1ccc(C(F)F)c(Cl)c1)C2. The van der Waals surface area contributed by atoms with Crippen molar-refractivity contribution in [2.75, 3.05) is 12.4 Å². The standard InChI is InChI=1S/C26H19Cl2F2N5O3S/c1-12-5-15(16-7-22(28)32-9-20(16)38-2)17(8-31-12)24(36)34-26-33-19-10-35(11-21(19)39-26)25(37)13-3-4-14(23(29)30)18(27)6-13/h3-9,23H,10-11H2,1-2H3,(H,33,34,36). The molecule has 1 aromatic carbocycles. The van der Waals surface area contributed by atoms with E-state index in [1.165, 1.54) is 47.9 Å². The van der Waals surface area contributed by atoms with E-state index in [1.54, 1.807) is 19.1 Å². The van der Waals surface area contributed by atoms with Crippen LogP contribution in [0.1, 0.15) is 49.0 Å². The van der Waals surface area contributed by atoms with Gasteiger partial charge >= 0.3 is 0 Å². The predicted octanol–water partition coefficient (Wildman–Crippen LogP) is 6.57. The third kappa shape index (κ3) is 5.42. The lowest BCUT2D eigenvalue weighted by molar-refractivity contribution is 0.0750. The number of benzene rings is 1. The van der Waals surface area contributed by atoms with Gasteiger partial charge in [-0.15, -0.1) is 0 Å². The summed E-state index contributed by atoms with van der Waals surface area (Å²) in [7, 11) is 1.50. The molecule has 0 spiro atoms. The van der Waals surface area contributed by atoms with Crippen LogP contribution in [0, 0.1) is 6.92 Å². The Morgan fingerprint density at radius 1 is 1.10 bits per heavy atom. The molecule has 0 saturated heterocycles. The molecule has 39 heavy (non-hydrogen) atoms. The zero-order chi connectivity index (χ0) is 27.8. The first-order valence-corrected chi connectivity index (χ1v) is 13.0. The lowest BCUT2D eigenvalue weighted by Crippen LogP contribution is -2.25. The topological polar surface area (TPSA) is 97.3 Å². The van der Waals surface area contributed by atoms with Crippen molar-refractivity contribution in [3.63, 3.8) is 0 Å². The molecule has 4 aromatic rings. The van der Waals surface area contributed by atoms with E-state index >= 15 is 0 Å². The number of hydrogen-bond donors (Lipinski definition) is 1. The fraction of sp³-hybridized carbons (Fsp3) is 0.192. The van der Waals surface area contributed by atoms with Crippen LogP contribution in [0.15, 0.2) is 42.7 Å². The quantitative estimate of drug-likeness (QED) is 0.255. The molecule has 2 amide bonds. The van der Waals surface area contributed by atoms with Gasteiger partial charge in [0.15, 0.2) is 5.13 Å². The van der Waals surface area contributed by atoms with E-state index in [9.17, 15) is 18.4 Å². The number of aryl methyl sites for hydroxylation is 1. The minimum Gasteiger partial charge on any atom is -0.494 e. The number of thiazole rings is 1. The lowest BCUT2D eigenvalue weighted by Gasteiger charge is -2.16. The van der Waals surface area contributed by atoms with Crippen molar-refractivity contribution in [1.82, 2.24) is 19.9 Å². The van der Waals surface area contributed by atoms with Crippen molar-refractivity contribution < 1.29 is 23.1 Å². The number of nitrogens with zero attached hydrogens (tertiary/aromatic N) is 4. The summed E-state index contributed by atoms with van der Waals surface area (Å²) < 4.78 is 31.4. The van der Waals surface area contributed by atoms with Gasteiger partial charge in [-0.25, -0.2) is 18.7 Å². The molecule has 1 aliphatic heterocycles. The average Bonchev–Trinajstić information content (AvgIpc) is 3.46. The number of nitrogens with one attached hydrogen (secondary N) is 1. The van der Waals surface area contributed by atoms with Crippen LogP contribution < -0.4 is 10.1 Å². The molecular weight excluding hydrogens is 571 g/mol. The highest BCUT2D eigenvalue weighted by Gasteiger charge is 2.29. The van der Waals surface area contributed by atoms with Crippen LogP contribution >= 0.6 is 34.5 Å². The number of aromatic nitrogens is 3. The molecular formula is C26H19Cl2F2N5O3S. The van der Waals surface area contributed by atoms with E-state index in [0.717, 1.165) is 10.9 Å². The Morgan fingerprint density at radius 2 is 1.90 bits per heavy atom. The largest absolute Gasteiger partial charge is 0.494 e. The number of carbonyl (C=O) groups excluding carboxylic acids is 2. The third-order valence-electron chi connectivity index (χ3n) is 6.07. The van der Waals surface area contributed by atoms with E-state index < -0.39 is 12.3 Å². The minimum atomic E-state index is -2.73. The Hall–Kier alpha value is -3.67. The second-order valence-corrected chi connectivity index (χ2v) is 10.5. The van der Waals surface area contributed by atoms with Gasteiger partial charge in [0.25, 0.3) is 18.2 Å². The maximum atomic E-state index is 13.3. The summed E-state index contributed by atoms with van der Waals surface area (Å²) in [6.07, 6.45) is 0.226. The highest BCUT2D eigenvalue weighted by molar-refractivity contribution is 7.16. The minimum absolute atomic E-state index is 0.162. The summed E-state index contributed by atoms with van der Waals surface area (Å²) in [5.74, 6) is -0.336. The first kappa shape index (κ1) is 26.9. The fourth-order valence-corrected chi connectivity index (χ4v) is 5.58. The summed E-state index contributed by atoms with van der Waals surface area (Å²) >= 11 is 13.3. The molecule has 8 nitrogen and oxygen atoms in total. The molecule has 0 saturated carbocycles. The van der Waals surface area contributed by atoms with Crippen LogP contribution in [0.4, 0.5) is 13.9 Å². The van der Waals surface area contributed by atoms with Gasteiger partial charge < -0.3 is 9.64 Å². The summed E-state index contributed by atoms with van der Waals surface area (Å²) in [6, 6.07) is 7.11. The molecule has 0 fully saturated rings. The van der Waals surface area contributed by atoms with Crippen LogP contribution in [0.3, 0.4) is 0 Å². The number of carbonyl (C=O) groups is 2. The summed E-state index contributed by atoms with van der Waals surface area (Å²) in [5, 5.41) is 3.27. The molecule has 1 N–H and O–H groups in total. The smallest absolute Gasteiger partial charge is 0.265 e. The van der Waals surface area contributed by atoms with E-state index in [4.69, 9.17) is 27.9 Å². The molecule has 0 aliphatic carbocycles. The average molecular weight is 590 g/mol. The fourth-order valence-electron chi connectivity index (χ4n) is 4.18. The van der Waals surface area contributed by atoms with Gasteiger partial charge in [-0.3, -0.25) is 19.9 Å². The Bertz CT molecular complexity index is 1590. The number of fused-ring (bicyclic) bond motifs is 1. The number of halogens is 4. The number of methoxy groups -OCH3 is 1. The van der Waals surface area contributed by atoms with Crippen LogP contribution in [-0.2, 0) is 13.1 Å². The van der Waals surface area contributed by atoms with Crippen LogP contribution in [0.5, 0.6) is 5.75 Å². The van der Waals surface area contributed by atoms with Gasteiger partial charge in [-0.1, -0.05) is 40.6 Å². The molecule has 5 rings (SSSR count).